The fourth-order valence-electron chi connectivity index (χ4n) is 9.51. The summed E-state index contributed by atoms with van der Waals surface area (Å²) in [6.45, 7) is 0. The van der Waals surface area contributed by atoms with Gasteiger partial charge in [0, 0.05) is 102 Å². The van der Waals surface area contributed by atoms with Crippen molar-refractivity contribution in [1.82, 2.24) is 15.0 Å². The Hall–Kier alpha value is -6.74. The van der Waals surface area contributed by atoms with Gasteiger partial charge >= 0.3 is 0 Å². The van der Waals surface area contributed by atoms with Gasteiger partial charge in [-0.3, -0.25) is 15.0 Å². The molecule has 12 rings (SSSR count). The summed E-state index contributed by atoms with van der Waals surface area (Å²) in [6, 6.07) is 52.4. The van der Waals surface area contributed by atoms with Gasteiger partial charge in [0.2, 0.25) is 0 Å². The molecule has 3 aliphatic rings. The molecule has 3 aliphatic heterocycles. The molecule has 0 aliphatic carbocycles. The number of rotatable bonds is 6. The molecule has 61 heavy (non-hydrogen) atoms. The highest BCUT2D eigenvalue weighted by Gasteiger charge is 2.56. The molecule has 0 saturated carbocycles. The Balaban J connectivity index is 1.34. The second-order valence-electron chi connectivity index (χ2n) is 15.5. The second kappa shape index (κ2) is 13.4. The van der Waals surface area contributed by atoms with E-state index in [1.165, 1.54) is 0 Å². The Bertz CT molecular complexity index is 2940. The third-order valence-corrected chi connectivity index (χ3v) is 21.5. The van der Waals surface area contributed by atoms with E-state index in [4.69, 9.17) is 0 Å². The Morgan fingerprint density at radius 3 is 0.803 bits per heavy atom. The predicted octanol–water partition coefficient (Wildman–Crippen LogP) is 8.20. The van der Waals surface area contributed by atoms with E-state index in [1.807, 2.05) is 164 Å². The monoisotopic (exact) mass is 842 g/mol. The average Bonchev–Trinajstić information content (AvgIpc) is 3.34. The number of anilines is 3. The van der Waals surface area contributed by atoms with E-state index < -0.39 is 21.4 Å². The van der Waals surface area contributed by atoms with Crippen molar-refractivity contribution in [2.45, 2.75) is 0 Å². The normalized spacial score (nSPS) is 20.2. The summed E-state index contributed by atoms with van der Waals surface area (Å²) in [5.74, 6) is 0. The van der Waals surface area contributed by atoms with Crippen LogP contribution in [0.2, 0.25) is 0 Å². The van der Waals surface area contributed by atoms with E-state index in [0.717, 1.165) is 33.4 Å². The Labute approximate surface area is 352 Å². The first-order chi connectivity index (χ1) is 29.9. The number of hydrogen-bond acceptors (Lipinski definition) is 7. The van der Waals surface area contributed by atoms with Crippen LogP contribution in [-0.2, 0) is 13.7 Å². The summed E-state index contributed by atoms with van der Waals surface area (Å²) in [5, 5.41) is 5.27. The van der Waals surface area contributed by atoms with E-state index in [2.05, 4.69) is 19.9 Å². The van der Waals surface area contributed by atoms with Gasteiger partial charge in [-0.25, -0.2) is 0 Å². The number of benzene rings is 6. The van der Waals surface area contributed by atoms with Crippen LogP contribution in [-0.4, -0.2) is 15.0 Å². The van der Waals surface area contributed by atoms with E-state index in [1.54, 1.807) is 37.2 Å². The van der Waals surface area contributed by atoms with E-state index in [-0.39, 0.29) is 0 Å². The van der Waals surface area contributed by atoms with Gasteiger partial charge in [-0.15, -0.1) is 0 Å². The Kier molecular flexibility index (Phi) is 7.93. The standard InChI is InChI=1S/C51H33N4O3P3/c56-59(40-16-4-1-5-17-40)43-25-37(34-13-10-22-52-31-34)27-45-49(43)55-50-44(59)26-38(35-14-11-23-53-32-35)28-46(50)61(58,42-20-8-3-9-21-42)48-30-39(36-15-12-24-54-33-36)29-47(51(48)55)60(45,57)41-18-6-2-7-19-41/h1-33H. The highest BCUT2D eigenvalue weighted by atomic mass is 31.2. The summed E-state index contributed by atoms with van der Waals surface area (Å²) >= 11 is 0. The fraction of sp³-hybridized carbons (Fsp3) is 0. The molecule has 10 heteroatoms. The van der Waals surface area contributed by atoms with Crippen molar-refractivity contribution in [3.05, 3.63) is 201 Å². The summed E-state index contributed by atoms with van der Waals surface area (Å²) in [4.78, 5) is 15.6. The largest absolute Gasteiger partial charge is 0.308 e. The maximum absolute atomic E-state index is 17.3. The van der Waals surface area contributed by atoms with Crippen molar-refractivity contribution in [1.29, 1.82) is 0 Å². The van der Waals surface area contributed by atoms with Gasteiger partial charge in [-0.2, -0.15) is 0 Å². The SMILES string of the molecule is O=P1(c2ccccc2)c2cc(-c3cccnc3)cc3c2N2c4c1cc(-c1cccnc1)cc4P(=O)(c1ccccc1)c1cc(-c4cccnc4)cc(c12)P3(=O)c1ccccc1. The van der Waals surface area contributed by atoms with E-state index >= 15 is 13.7 Å². The van der Waals surface area contributed by atoms with Crippen LogP contribution in [0.5, 0.6) is 0 Å². The molecular formula is C51H33N4O3P3. The number of nitrogens with zero attached hydrogens (tertiary/aromatic N) is 4. The summed E-state index contributed by atoms with van der Waals surface area (Å²) < 4.78 is 51.8. The molecule has 6 aromatic carbocycles. The van der Waals surface area contributed by atoms with Crippen LogP contribution < -0.4 is 52.6 Å². The molecule has 0 radical (unpaired) electrons. The molecule has 290 valence electrons. The summed E-state index contributed by atoms with van der Waals surface area (Å²) in [5.41, 5.74) is 6.49. The molecule has 0 N–H and O–H groups in total. The summed E-state index contributed by atoms with van der Waals surface area (Å²) in [7, 11) is -11.6. The molecular weight excluding hydrogens is 810 g/mol. The third-order valence-electron chi connectivity index (χ3n) is 12.3. The van der Waals surface area contributed by atoms with E-state index in [0.29, 0.717) is 64.8 Å². The van der Waals surface area contributed by atoms with Crippen molar-refractivity contribution >= 4 is 86.2 Å². The number of hydrogen-bond donors (Lipinski definition) is 0. The van der Waals surface area contributed by atoms with Crippen LogP contribution in [0.1, 0.15) is 0 Å². The van der Waals surface area contributed by atoms with Gasteiger partial charge in [0.25, 0.3) is 0 Å². The van der Waals surface area contributed by atoms with Crippen molar-refractivity contribution in [2.24, 2.45) is 0 Å². The van der Waals surface area contributed by atoms with Gasteiger partial charge in [0.15, 0.2) is 21.4 Å². The van der Waals surface area contributed by atoms with Gasteiger partial charge in [-0.1, -0.05) is 109 Å². The maximum atomic E-state index is 17.3. The van der Waals surface area contributed by atoms with Crippen LogP contribution in [0.15, 0.2) is 201 Å². The van der Waals surface area contributed by atoms with Gasteiger partial charge in [0.05, 0.1) is 17.1 Å². The highest BCUT2D eigenvalue weighted by Crippen LogP contribution is 2.66. The molecule has 0 saturated heterocycles. The third kappa shape index (κ3) is 5.00. The molecule has 0 atom stereocenters. The Morgan fingerprint density at radius 2 is 0.574 bits per heavy atom. The zero-order valence-corrected chi connectivity index (χ0v) is 35.1. The van der Waals surface area contributed by atoms with Gasteiger partial charge in [0.1, 0.15) is 0 Å². The summed E-state index contributed by atoms with van der Waals surface area (Å²) in [6.07, 6.45) is 10.5. The van der Waals surface area contributed by atoms with E-state index in [9.17, 15) is 0 Å². The molecule has 6 heterocycles. The maximum Gasteiger partial charge on any atom is 0.175 e. The fourth-order valence-corrected chi connectivity index (χ4v) is 19.0. The molecule has 3 aromatic heterocycles. The molecule has 7 nitrogen and oxygen atoms in total. The predicted molar refractivity (Wildman–Crippen MR) is 250 cm³/mol. The number of pyridine rings is 3. The zero-order chi connectivity index (χ0) is 40.9. The quantitative estimate of drug-likeness (QED) is 0.156. The first kappa shape index (κ1) is 36.1. The lowest BCUT2D eigenvalue weighted by atomic mass is 10.0. The van der Waals surface area contributed by atoms with Crippen molar-refractivity contribution in [2.75, 3.05) is 4.90 Å². The topological polar surface area (TPSA) is 93.1 Å². The lowest BCUT2D eigenvalue weighted by Crippen LogP contribution is -2.53. The average molecular weight is 843 g/mol. The zero-order valence-electron chi connectivity index (χ0n) is 32.4. The molecule has 0 amide bonds. The minimum Gasteiger partial charge on any atom is -0.308 e. The Morgan fingerprint density at radius 1 is 0.311 bits per heavy atom. The van der Waals surface area contributed by atoms with Gasteiger partial charge < -0.3 is 18.6 Å². The van der Waals surface area contributed by atoms with Crippen molar-refractivity contribution in [3.8, 4) is 33.4 Å². The lowest BCUT2D eigenvalue weighted by molar-refractivity contribution is 0.592. The molecule has 0 fully saturated rings. The van der Waals surface area contributed by atoms with Crippen LogP contribution in [0.3, 0.4) is 0 Å². The van der Waals surface area contributed by atoms with Crippen LogP contribution in [0, 0.1) is 0 Å². The minimum absolute atomic E-state index is 0.567. The lowest BCUT2D eigenvalue weighted by Gasteiger charge is -2.49. The molecule has 0 unspecified atom stereocenters. The molecule has 0 spiro atoms. The first-order valence-electron chi connectivity index (χ1n) is 20.0. The first-order valence-corrected chi connectivity index (χ1v) is 25.1. The highest BCUT2D eigenvalue weighted by molar-refractivity contribution is 7.90. The van der Waals surface area contributed by atoms with Crippen LogP contribution in [0.4, 0.5) is 17.1 Å². The molecule has 0 bridgehead atoms. The second-order valence-corrected chi connectivity index (χ2v) is 23.6. The van der Waals surface area contributed by atoms with Crippen LogP contribution >= 0.6 is 21.4 Å². The van der Waals surface area contributed by atoms with Crippen LogP contribution in [0.25, 0.3) is 33.4 Å². The van der Waals surface area contributed by atoms with Crippen molar-refractivity contribution < 1.29 is 13.7 Å². The molecule has 9 aromatic rings. The van der Waals surface area contributed by atoms with Crippen molar-refractivity contribution in [3.63, 3.8) is 0 Å². The smallest absolute Gasteiger partial charge is 0.175 e. The minimum atomic E-state index is -3.88. The van der Waals surface area contributed by atoms with Gasteiger partial charge in [-0.05, 0) is 71.3 Å². The number of aromatic nitrogens is 3.